The van der Waals surface area contributed by atoms with Crippen LogP contribution in [-0.2, 0) is 0 Å². The van der Waals surface area contributed by atoms with Crippen LogP contribution in [0.25, 0.3) is 31.5 Å². The van der Waals surface area contributed by atoms with Crippen LogP contribution < -0.4 is 5.32 Å². The lowest BCUT2D eigenvalue weighted by Crippen LogP contribution is -2.26. The number of aromatic nitrogens is 3. The number of hydrogen-bond donors (Lipinski definition) is 1. The highest BCUT2D eigenvalue weighted by molar-refractivity contribution is 7.26. The van der Waals surface area contributed by atoms with Crippen molar-refractivity contribution < 1.29 is 13.7 Å². The van der Waals surface area contributed by atoms with E-state index in [1.807, 2.05) is 30.3 Å². The molecule has 1 N–H and O–H groups in total. The molecule has 0 saturated carbocycles. The van der Waals surface area contributed by atoms with Gasteiger partial charge in [0.15, 0.2) is 0 Å². The predicted molar refractivity (Wildman–Crippen MR) is 119 cm³/mol. The lowest BCUT2D eigenvalue weighted by Gasteiger charge is -2.08. The molecular formula is C22H15FN4O2S2. The molecule has 0 bridgehead atoms. The van der Waals surface area contributed by atoms with Crippen molar-refractivity contribution in [3.8, 4) is 21.3 Å². The summed E-state index contributed by atoms with van der Waals surface area (Å²) in [6, 6.07) is 17.0. The zero-order valence-electron chi connectivity index (χ0n) is 16.2. The molecule has 9 heteroatoms. The van der Waals surface area contributed by atoms with Crippen LogP contribution in [0.3, 0.4) is 0 Å². The first kappa shape index (κ1) is 19.5. The Bertz CT molecular complexity index is 1340. The van der Waals surface area contributed by atoms with Gasteiger partial charge in [-0.25, -0.2) is 9.37 Å². The lowest BCUT2D eigenvalue weighted by molar-refractivity contribution is 0.0936. The van der Waals surface area contributed by atoms with E-state index in [0.717, 1.165) is 20.1 Å². The first-order chi connectivity index (χ1) is 15.1. The van der Waals surface area contributed by atoms with Crippen LogP contribution >= 0.6 is 22.7 Å². The molecular weight excluding hydrogens is 435 g/mol. The van der Waals surface area contributed by atoms with E-state index in [9.17, 15) is 9.18 Å². The third-order valence-electron chi connectivity index (χ3n) is 4.60. The summed E-state index contributed by atoms with van der Waals surface area (Å²) in [4.78, 5) is 23.2. The Labute approximate surface area is 184 Å². The molecule has 154 valence electrons. The number of hydrogen-bond acceptors (Lipinski definition) is 7. The van der Waals surface area contributed by atoms with Crippen molar-refractivity contribution in [2.75, 3.05) is 0 Å². The molecule has 0 aliphatic carbocycles. The smallest absolute Gasteiger partial charge is 0.262 e. The third kappa shape index (κ3) is 3.97. The van der Waals surface area contributed by atoms with E-state index >= 15 is 0 Å². The number of benzene rings is 2. The highest BCUT2D eigenvalue weighted by atomic mass is 32.1. The van der Waals surface area contributed by atoms with Gasteiger partial charge in [0.1, 0.15) is 16.9 Å². The minimum absolute atomic E-state index is 0.230. The average molecular weight is 451 g/mol. The van der Waals surface area contributed by atoms with Crippen molar-refractivity contribution in [2.45, 2.75) is 13.0 Å². The first-order valence-electron chi connectivity index (χ1n) is 9.43. The number of rotatable bonds is 5. The number of nitrogens with one attached hydrogen (secondary N) is 1. The van der Waals surface area contributed by atoms with Crippen LogP contribution in [0.4, 0.5) is 4.39 Å². The maximum atomic E-state index is 13.1. The van der Waals surface area contributed by atoms with E-state index in [2.05, 4.69) is 20.4 Å². The van der Waals surface area contributed by atoms with Gasteiger partial charge in [-0.05, 0) is 55.5 Å². The lowest BCUT2D eigenvalue weighted by atomic mass is 10.2. The van der Waals surface area contributed by atoms with Crippen LogP contribution in [0, 0.1) is 5.82 Å². The van der Waals surface area contributed by atoms with Gasteiger partial charge in [-0.3, -0.25) is 4.79 Å². The van der Waals surface area contributed by atoms with E-state index in [-0.39, 0.29) is 17.6 Å². The topological polar surface area (TPSA) is 80.9 Å². The molecule has 0 fully saturated rings. The second kappa shape index (κ2) is 8.01. The summed E-state index contributed by atoms with van der Waals surface area (Å²) < 4.78 is 19.5. The Morgan fingerprint density at radius 3 is 2.65 bits per heavy atom. The Morgan fingerprint density at radius 1 is 1.03 bits per heavy atom. The molecule has 0 aliphatic rings. The van der Waals surface area contributed by atoms with Gasteiger partial charge >= 0.3 is 0 Å². The first-order valence-corrected chi connectivity index (χ1v) is 11.1. The Kier molecular flexibility index (Phi) is 5.05. The minimum atomic E-state index is -0.484. The number of thiazole rings is 1. The number of amides is 1. The summed E-state index contributed by atoms with van der Waals surface area (Å²) in [6.07, 6.45) is 0. The normalized spacial score (nSPS) is 12.2. The predicted octanol–water partition coefficient (Wildman–Crippen LogP) is 5.70. The fourth-order valence-electron chi connectivity index (χ4n) is 3.01. The van der Waals surface area contributed by atoms with Gasteiger partial charge in [-0.15, -0.1) is 22.7 Å². The summed E-state index contributed by atoms with van der Waals surface area (Å²) in [5, 5.41) is 7.68. The zero-order chi connectivity index (χ0) is 21.4. The van der Waals surface area contributed by atoms with Gasteiger partial charge in [-0.2, -0.15) is 4.98 Å². The molecule has 5 aromatic rings. The number of nitrogens with zero attached hydrogens (tertiary/aromatic N) is 3. The molecule has 6 nitrogen and oxygen atoms in total. The monoisotopic (exact) mass is 450 g/mol. The van der Waals surface area contributed by atoms with E-state index in [0.29, 0.717) is 16.3 Å². The zero-order valence-corrected chi connectivity index (χ0v) is 17.8. The number of thiophene rings is 1. The second-order valence-corrected chi connectivity index (χ2v) is 8.92. The number of para-hydroxylation sites is 1. The van der Waals surface area contributed by atoms with Gasteiger partial charge in [0, 0.05) is 5.56 Å². The molecule has 2 aromatic carbocycles. The molecule has 1 amide bonds. The third-order valence-corrected chi connectivity index (χ3v) is 6.89. The van der Waals surface area contributed by atoms with Crippen molar-refractivity contribution in [2.24, 2.45) is 0 Å². The standard InChI is InChI=1S/C22H15FN4O2S2/c1-12(21-26-19(27-29-21)13-6-8-14(23)9-7-13)24-20(28)17-10-11-18(30-17)22-25-15-4-2-3-5-16(15)31-22/h2-12H,1H3,(H,24,28). The number of carbonyl (C=O) groups is 1. The summed E-state index contributed by atoms with van der Waals surface area (Å²) in [5.41, 5.74) is 1.58. The molecule has 5 rings (SSSR count). The van der Waals surface area contributed by atoms with Crippen LogP contribution in [0.15, 0.2) is 65.2 Å². The van der Waals surface area contributed by atoms with Gasteiger partial charge in [0.25, 0.3) is 5.91 Å². The quantitative estimate of drug-likeness (QED) is 0.371. The van der Waals surface area contributed by atoms with Crippen LogP contribution in [-0.4, -0.2) is 21.0 Å². The van der Waals surface area contributed by atoms with E-state index in [4.69, 9.17) is 4.52 Å². The second-order valence-electron chi connectivity index (χ2n) is 6.81. The van der Waals surface area contributed by atoms with E-state index in [1.54, 1.807) is 36.5 Å². The molecule has 0 spiro atoms. The molecule has 31 heavy (non-hydrogen) atoms. The fraction of sp³-hybridized carbons (Fsp3) is 0.0909. The Morgan fingerprint density at radius 2 is 1.84 bits per heavy atom. The molecule has 0 saturated heterocycles. The SMILES string of the molecule is CC(NC(=O)c1ccc(-c2nc3ccccc3s2)s1)c1nc(-c2ccc(F)cc2)no1. The summed E-state index contributed by atoms with van der Waals surface area (Å²) in [6.45, 7) is 1.77. The van der Waals surface area contributed by atoms with Crippen LogP contribution in [0.1, 0.15) is 28.5 Å². The molecule has 3 heterocycles. The van der Waals surface area contributed by atoms with Crippen LogP contribution in [0.5, 0.6) is 0 Å². The highest BCUT2D eigenvalue weighted by Crippen LogP contribution is 2.34. The minimum Gasteiger partial charge on any atom is -0.340 e. The van der Waals surface area contributed by atoms with Crippen molar-refractivity contribution in [1.29, 1.82) is 0 Å². The number of fused-ring (bicyclic) bond motifs is 1. The molecule has 1 unspecified atom stereocenters. The van der Waals surface area contributed by atoms with E-state index in [1.165, 1.54) is 23.5 Å². The fourth-order valence-corrected chi connectivity index (χ4v) is 4.94. The number of carbonyl (C=O) groups excluding carboxylic acids is 1. The van der Waals surface area contributed by atoms with Gasteiger partial charge < -0.3 is 9.84 Å². The van der Waals surface area contributed by atoms with Crippen molar-refractivity contribution in [1.82, 2.24) is 20.4 Å². The Hall–Kier alpha value is -3.43. The molecule has 0 radical (unpaired) electrons. The molecule has 3 aromatic heterocycles. The number of halogens is 1. The maximum Gasteiger partial charge on any atom is 0.262 e. The average Bonchev–Trinajstić information content (AvgIpc) is 3.52. The van der Waals surface area contributed by atoms with Crippen molar-refractivity contribution in [3.05, 3.63) is 77.2 Å². The molecule has 0 aliphatic heterocycles. The van der Waals surface area contributed by atoms with Crippen LogP contribution in [0.2, 0.25) is 0 Å². The summed E-state index contributed by atoms with van der Waals surface area (Å²) in [7, 11) is 0. The van der Waals surface area contributed by atoms with Gasteiger partial charge in [0.2, 0.25) is 11.7 Å². The van der Waals surface area contributed by atoms with Crippen molar-refractivity contribution >= 4 is 38.8 Å². The van der Waals surface area contributed by atoms with Crippen molar-refractivity contribution in [3.63, 3.8) is 0 Å². The largest absolute Gasteiger partial charge is 0.340 e. The highest BCUT2D eigenvalue weighted by Gasteiger charge is 2.20. The van der Waals surface area contributed by atoms with Gasteiger partial charge in [0.05, 0.1) is 20.0 Å². The Balaban J connectivity index is 1.29. The molecule has 1 atom stereocenters. The van der Waals surface area contributed by atoms with E-state index < -0.39 is 6.04 Å². The summed E-state index contributed by atoms with van der Waals surface area (Å²) in [5.74, 6) is 0.0432. The maximum absolute atomic E-state index is 13.1. The van der Waals surface area contributed by atoms with Gasteiger partial charge in [-0.1, -0.05) is 17.3 Å². The summed E-state index contributed by atoms with van der Waals surface area (Å²) >= 11 is 2.98.